The maximum Gasteiger partial charge on any atom is 0.391 e. The maximum atomic E-state index is 12.3. The summed E-state index contributed by atoms with van der Waals surface area (Å²) in [4.78, 5) is 13.8. The molecule has 0 atom stereocenters. The van der Waals surface area contributed by atoms with Crippen LogP contribution in [0.25, 0.3) is 11.0 Å². The molecule has 7 heteroatoms. The molecule has 3 rings (SSSR count). The van der Waals surface area contributed by atoms with Gasteiger partial charge in [0.15, 0.2) is 5.52 Å². The second kappa shape index (κ2) is 4.43. The molecule has 2 heterocycles. The Hall–Kier alpha value is -2.28. The van der Waals surface area contributed by atoms with Crippen molar-refractivity contribution in [3.05, 3.63) is 35.3 Å². The first-order chi connectivity index (χ1) is 9.20. The molecule has 0 spiro atoms. The summed E-state index contributed by atoms with van der Waals surface area (Å²) in [7, 11) is 0. The van der Waals surface area contributed by atoms with E-state index in [9.17, 15) is 15.2 Å². The monoisotopic (exact) mass is 263 g/mol. The summed E-state index contributed by atoms with van der Waals surface area (Å²) >= 11 is 0. The summed E-state index contributed by atoms with van der Waals surface area (Å²) in [6.07, 6.45) is 0. The minimum atomic E-state index is -0.489. The van der Waals surface area contributed by atoms with Crippen LogP contribution in [0.1, 0.15) is 10.6 Å². The number of hydrogen-bond donors (Lipinski definition) is 1. The van der Waals surface area contributed by atoms with Gasteiger partial charge in [0.25, 0.3) is 0 Å². The Bertz CT molecular complexity index is 592. The zero-order valence-corrected chi connectivity index (χ0v) is 10.2. The van der Waals surface area contributed by atoms with Crippen LogP contribution >= 0.6 is 0 Å². The molecule has 0 radical (unpaired) electrons. The maximum absolute atomic E-state index is 12.3. The lowest BCUT2D eigenvalue weighted by atomic mass is 10.3. The van der Waals surface area contributed by atoms with Crippen molar-refractivity contribution in [1.29, 1.82) is 0 Å². The van der Waals surface area contributed by atoms with Crippen molar-refractivity contribution in [2.45, 2.75) is 0 Å². The lowest BCUT2D eigenvalue weighted by molar-refractivity contribution is -0.582. The number of carbonyl (C=O) groups is 1. The van der Waals surface area contributed by atoms with Crippen LogP contribution in [0.3, 0.4) is 0 Å². The fourth-order valence-electron chi connectivity index (χ4n) is 2.21. The lowest BCUT2D eigenvalue weighted by Crippen LogP contribution is -2.46. The number of amides is 1. The lowest BCUT2D eigenvalue weighted by Gasteiger charge is -2.25. The van der Waals surface area contributed by atoms with E-state index in [0.717, 1.165) is 0 Å². The van der Waals surface area contributed by atoms with Crippen LogP contribution in [0.5, 0.6) is 0 Å². The molecular weight excluding hydrogens is 250 g/mol. The highest BCUT2D eigenvalue weighted by Gasteiger charge is 2.32. The van der Waals surface area contributed by atoms with E-state index >= 15 is 0 Å². The second-order valence-corrected chi connectivity index (χ2v) is 4.32. The molecule has 1 fully saturated rings. The molecule has 0 saturated carbocycles. The van der Waals surface area contributed by atoms with Crippen molar-refractivity contribution in [2.24, 2.45) is 0 Å². The van der Waals surface area contributed by atoms with Gasteiger partial charge >= 0.3 is 11.7 Å². The minimum Gasteiger partial charge on any atom is -0.710 e. The Morgan fingerprint density at radius 3 is 2.68 bits per heavy atom. The van der Waals surface area contributed by atoms with Gasteiger partial charge in [-0.25, -0.2) is 4.73 Å². The zero-order chi connectivity index (χ0) is 13.4. The van der Waals surface area contributed by atoms with Crippen LogP contribution < -0.4 is 4.73 Å². The van der Waals surface area contributed by atoms with E-state index < -0.39 is 5.91 Å². The third-order valence-electron chi connectivity index (χ3n) is 3.21. The number of hydrogen-bond acceptors (Lipinski definition) is 4. The highest BCUT2D eigenvalue weighted by Crippen LogP contribution is 2.14. The quantitative estimate of drug-likeness (QED) is 0.445. The number of fused-ring (bicyclic) bond motifs is 1. The molecule has 1 aromatic heterocycles. The van der Waals surface area contributed by atoms with Crippen molar-refractivity contribution < 1.29 is 19.5 Å². The number of rotatable bonds is 1. The summed E-state index contributed by atoms with van der Waals surface area (Å²) < 4.78 is 6.28. The fraction of sp³-hybridized carbons (Fsp3) is 0.333. The van der Waals surface area contributed by atoms with Crippen molar-refractivity contribution in [3.63, 3.8) is 0 Å². The molecule has 1 aromatic carbocycles. The van der Waals surface area contributed by atoms with E-state index in [1.165, 1.54) is 4.90 Å². The first-order valence-corrected chi connectivity index (χ1v) is 5.99. The molecule has 1 aliphatic rings. The Morgan fingerprint density at radius 2 is 2.00 bits per heavy atom. The Balaban J connectivity index is 2.06. The van der Waals surface area contributed by atoms with E-state index in [4.69, 9.17) is 4.74 Å². The summed E-state index contributed by atoms with van der Waals surface area (Å²) in [5, 5.41) is 22.1. The molecule has 0 unspecified atom stereocenters. The van der Waals surface area contributed by atoms with Gasteiger partial charge in [0.2, 0.25) is 5.52 Å². The molecule has 19 heavy (non-hydrogen) atoms. The van der Waals surface area contributed by atoms with E-state index in [1.807, 2.05) is 0 Å². The molecule has 100 valence electrons. The fourth-order valence-corrected chi connectivity index (χ4v) is 2.21. The van der Waals surface area contributed by atoms with Gasteiger partial charge in [-0.05, 0) is 16.9 Å². The molecule has 2 aromatic rings. The summed E-state index contributed by atoms with van der Waals surface area (Å²) in [5.74, 6) is -0.778. The number of para-hydroxylation sites is 2. The van der Waals surface area contributed by atoms with Crippen LogP contribution in [0, 0.1) is 5.21 Å². The molecule has 1 amide bonds. The van der Waals surface area contributed by atoms with Crippen molar-refractivity contribution in [3.8, 4) is 0 Å². The topological polar surface area (TPSA) is 81.6 Å². The SMILES string of the molecule is O=C(c1n(O)c2ccccc2[n+]1[O-])N1CCOCC1. The second-order valence-electron chi connectivity index (χ2n) is 4.32. The third-order valence-corrected chi connectivity index (χ3v) is 3.21. The predicted molar refractivity (Wildman–Crippen MR) is 64.8 cm³/mol. The number of benzene rings is 1. The number of morpholine rings is 1. The number of nitrogens with zero attached hydrogens (tertiary/aromatic N) is 3. The minimum absolute atomic E-state index is 0.265. The van der Waals surface area contributed by atoms with Gasteiger partial charge in [-0.2, -0.15) is 0 Å². The molecule has 1 aliphatic heterocycles. The van der Waals surface area contributed by atoms with Crippen LogP contribution in [-0.4, -0.2) is 47.0 Å². The molecule has 1 saturated heterocycles. The number of carbonyl (C=O) groups excluding carboxylic acids is 1. The Morgan fingerprint density at radius 1 is 1.32 bits per heavy atom. The number of imidazole rings is 1. The van der Waals surface area contributed by atoms with E-state index in [2.05, 4.69) is 0 Å². The Labute approximate surface area is 108 Å². The predicted octanol–water partition coefficient (Wildman–Crippen LogP) is -0.0156. The molecule has 0 aliphatic carbocycles. The summed E-state index contributed by atoms with van der Waals surface area (Å²) in [5.41, 5.74) is 0.579. The van der Waals surface area contributed by atoms with Crippen LogP contribution in [-0.2, 0) is 4.74 Å². The van der Waals surface area contributed by atoms with Crippen LogP contribution in [0.4, 0.5) is 0 Å². The first-order valence-electron chi connectivity index (χ1n) is 5.99. The van der Waals surface area contributed by atoms with Gasteiger partial charge in [0, 0.05) is 13.1 Å². The van der Waals surface area contributed by atoms with Crippen LogP contribution in [0.2, 0.25) is 0 Å². The third kappa shape index (κ3) is 1.78. The largest absolute Gasteiger partial charge is 0.710 e. The number of aromatic nitrogens is 2. The van der Waals surface area contributed by atoms with Crippen molar-refractivity contribution >= 4 is 16.9 Å². The summed E-state index contributed by atoms with van der Waals surface area (Å²) in [6, 6.07) is 6.52. The van der Waals surface area contributed by atoms with Crippen molar-refractivity contribution in [2.75, 3.05) is 26.3 Å². The van der Waals surface area contributed by atoms with E-state index in [0.29, 0.717) is 41.3 Å². The highest BCUT2D eigenvalue weighted by molar-refractivity contribution is 5.92. The number of ether oxygens (including phenoxy) is 1. The van der Waals surface area contributed by atoms with Gasteiger partial charge < -0.3 is 20.1 Å². The Kier molecular flexibility index (Phi) is 2.75. The summed E-state index contributed by atoms with van der Waals surface area (Å²) in [6.45, 7) is 1.72. The van der Waals surface area contributed by atoms with Crippen LogP contribution in [0.15, 0.2) is 24.3 Å². The first kappa shape index (κ1) is 11.8. The standard InChI is InChI=1S/C12H13N3O4/c16-12(13-5-7-19-8-6-13)11-14(17)9-3-1-2-4-10(9)15(11)18/h1-4,17H,5-8H2. The molecule has 0 bridgehead atoms. The average Bonchev–Trinajstić information content (AvgIpc) is 2.72. The normalized spacial score (nSPS) is 15.9. The molecule has 7 nitrogen and oxygen atoms in total. The average molecular weight is 263 g/mol. The van der Waals surface area contributed by atoms with Gasteiger partial charge in [0.05, 0.1) is 13.2 Å². The zero-order valence-electron chi connectivity index (χ0n) is 10.2. The smallest absolute Gasteiger partial charge is 0.391 e. The van der Waals surface area contributed by atoms with Gasteiger partial charge in [-0.1, -0.05) is 12.1 Å². The van der Waals surface area contributed by atoms with Gasteiger partial charge in [-0.3, -0.25) is 4.79 Å². The molecule has 1 N–H and O–H groups in total. The molecular formula is C12H13N3O4. The van der Waals surface area contributed by atoms with Crippen molar-refractivity contribution in [1.82, 2.24) is 9.63 Å². The van der Waals surface area contributed by atoms with E-state index in [-0.39, 0.29) is 11.3 Å². The highest BCUT2D eigenvalue weighted by atomic mass is 16.5. The van der Waals surface area contributed by atoms with Gasteiger partial charge in [0.1, 0.15) is 0 Å². The van der Waals surface area contributed by atoms with Gasteiger partial charge in [-0.15, -0.1) is 0 Å². The van der Waals surface area contributed by atoms with E-state index in [1.54, 1.807) is 24.3 Å².